The van der Waals surface area contributed by atoms with Gasteiger partial charge in [-0.1, -0.05) is 6.07 Å². The van der Waals surface area contributed by atoms with Crippen molar-refractivity contribution in [3.8, 4) is 0 Å². The number of piperidine rings is 1. The Kier molecular flexibility index (Phi) is 5.18. The molecule has 0 saturated carbocycles. The fraction of sp³-hybridized carbons (Fsp3) is 0.533. The molecular formula is C15H21FN2O3S. The fourth-order valence-electron chi connectivity index (χ4n) is 2.66. The quantitative estimate of drug-likeness (QED) is 0.918. The highest BCUT2D eigenvalue weighted by atomic mass is 32.2. The summed E-state index contributed by atoms with van der Waals surface area (Å²) >= 11 is 0. The van der Waals surface area contributed by atoms with Crippen LogP contribution in [0.1, 0.15) is 33.1 Å². The summed E-state index contributed by atoms with van der Waals surface area (Å²) in [5.74, 6) is -0.876. The molecule has 1 amide bonds. The van der Waals surface area contributed by atoms with Crippen molar-refractivity contribution in [2.24, 2.45) is 0 Å². The van der Waals surface area contributed by atoms with Crippen LogP contribution < -0.4 is 4.72 Å². The molecule has 0 radical (unpaired) electrons. The van der Waals surface area contributed by atoms with E-state index in [1.165, 1.54) is 25.1 Å². The molecule has 5 nitrogen and oxygen atoms in total. The number of nitrogens with one attached hydrogen (secondary N) is 1. The van der Waals surface area contributed by atoms with Crippen LogP contribution in [0.3, 0.4) is 0 Å². The minimum absolute atomic E-state index is 0.113. The molecule has 0 spiro atoms. The smallest absolute Gasteiger partial charge is 0.241 e. The van der Waals surface area contributed by atoms with Crippen molar-refractivity contribution in [2.75, 3.05) is 6.54 Å². The highest BCUT2D eigenvalue weighted by Gasteiger charge is 2.29. The van der Waals surface area contributed by atoms with E-state index in [0.717, 1.165) is 25.3 Å². The van der Waals surface area contributed by atoms with E-state index in [4.69, 9.17) is 0 Å². The van der Waals surface area contributed by atoms with Crippen LogP contribution in [0.15, 0.2) is 29.2 Å². The summed E-state index contributed by atoms with van der Waals surface area (Å²) in [5.41, 5.74) is 0. The van der Waals surface area contributed by atoms with Crippen LogP contribution in [0, 0.1) is 5.82 Å². The average Bonchev–Trinajstić information content (AvgIpc) is 2.46. The lowest BCUT2D eigenvalue weighted by Gasteiger charge is -2.35. The SMILES string of the molecule is C[C@H](NS(=O)(=O)c1cccc(F)c1)C(=O)N1CCCC[C@H]1C. The van der Waals surface area contributed by atoms with Gasteiger partial charge in [-0.3, -0.25) is 4.79 Å². The van der Waals surface area contributed by atoms with Gasteiger partial charge in [-0.2, -0.15) is 4.72 Å². The minimum atomic E-state index is -3.92. The summed E-state index contributed by atoms with van der Waals surface area (Å²) in [4.78, 5) is 13.9. The summed E-state index contributed by atoms with van der Waals surface area (Å²) in [6, 6.07) is 3.96. The molecule has 0 bridgehead atoms. The van der Waals surface area contributed by atoms with Gasteiger partial charge >= 0.3 is 0 Å². The van der Waals surface area contributed by atoms with Gasteiger partial charge in [0.15, 0.2) is 0 Å². The number of hydrogen-bond donors (Lipinski definition) is 1. The number of benzene rings is 1. The van der Waals surface area contributed by atoms with Crippen molar-refractivity contribution >= 4 is 15.9 Å². The molecule has 1 aromatic rings. The van der Waals surface area contributed by atoms with Gasteiger partial charge in [-0.25, -0.2) is 12.8 Å². The number of likely N-dealkylation sites (tertiary alicyclic amines) is 1. The Hall–Kier alpha value is -1.47. The molecule has 22 heavy (non-hydrogen) atoms. The van der Waals surface area contributed by atoms with Gasteiger partial charge in [0.1, 0.15) is 5.82 Å². The van der Waals surface area contributed by atoms with Crippen LogP contribution in [-0.4, -0.2) is 37.9 Å². The number of sulfonamides is 1. The van der Waals surface area contributed by atoms with Crippen LogP contribution in [0.2, 0.25) is 0 Å². The summed E-state index contributed by atoms with van der Waals surface area (Å²) in [6.45, 7) is 4.12. The molecule has 1 saturated heterocycles. The first-order valence-electron chi connectivity index (χ1n) is 7.39. The molecular weight excluding hydrogens is 307 g/mol. The standard InChI is InChI=1S/C15H21FN2O3S/c1-11-6-3-4-9-18(11)15(19)12(2)17-22(20,21)14-8-5-7-13(16)10-14/h5,7-8,10-12,17H,3-4,6,9H2,1-2H3/t11-,12+/m1/s1. The maximum Gasteiger partial charge on any atom is 0.241 e. The van der Waals surface area contributed by atoms with Crippen LogP contribution in [0.5, 0.6) is 0 Å². The van der Waals surface area contributed by atoms with Gasteiger partial charge < -0.3 is 4.90 Å². The Labute approximate surface area is 130 Å². The Morgan fingerprint density at radius 2 is 2.14 bits per heavy atom. The second-order valence-electron chi connectivity index (χ2n) is 5.68. The highest BCUT2D eigenvalue weighted by molar-refractivity contribution is 7.89. The normalized spacial score (nSPS) is 20.7. The lowest BCUT2D eigenvalue weighted by Crippen LogP contribution is -2.51. The summed E-state index contributed by atoms with van der Waals surface area (Å²) in [6.07, 6.45) is 2.93. The summed E-state index contributed by atoms with van der Waals surface area (Å²) < 4.78 is 39.9. The van der Waals surface area contributed by atoms with Gasteiger partial charge in [-0.05, 0) is 51.3 Å². The molecule has 122 valence electrons. The zero-order valence-electron chi connectivity index (χ0n) is 12.8. The Balaban J connectivity index is 2.10. The first-order valence-corrected chi connectivity index (χ1v) is 8.88. The monoisotopic (exact) mass is 328 g/mol. The predicted molar refractivity (Wildman–Crippen MR) is 81.2 cm³/mol. The van der Waals surface area contributed by atoms with Crippen molar-refractivity contribution in [2.45, 2.75) is 50.1 Å². The van der Waals surface area contributed by atoms with Crippen LogP contribution in [0.25, 0.3) is 0 Å². The maximum atomic E-state index is 13.2. The van der Waals surface area contributed by atoms with Crippen molar-refractivity contribution in [1.29, 1.82) is 0 Å². The first-order chi connectivity index (χ1) is 10.3. The number of amides is 1. The van der Waals surface area contributed by atoms with E-state index in [0.29, 0.717) is 6.54 Å². The topological polar surface area (TPSA) is 66.5 Å². The molecule has 1 aliphatic heterocycles. The fourth-order valence-corrected chi connectivity index (χ4v) is 3.89. The van der Waals surface area contributed by atoms with Crippen LogP contribution in [0.4, 0.5) is 4.39 Å². The third-order valence-electron chi connectivity index (χ3n) is 3.89. The zero-order chi connectivity index (χ0) is 16.3. The van der Waals surface area contributed by atoms with Gasteiger partial charge in [0.25, 0.3) is 0 Å². The van der Waals surface area contributed by atoms with Crippen molar-refractivity contribution in [3.63, 3.8) is 0 Å². The second-order valence-corrected chi connectivity index (χ2v) is 7.39. The van der Waals surface area contributed by atoms with E-state index in [-0.39, 0.29) is 16.8 Å². The number of rotatable bonds is 4. The van der Waals surface area contributed by atoms with Crippen molar-refractivity contribution in [1.82, 2.24) is 9.62 Å². The third kappa shape index (κ3) is 3.84. The predicted octanol–water partition coefficient (Wildman–Crippen LogP) is 1.89. The molecule has 2 rings (SSSR count). The van der Waals surface area contributed by atoms with E-state index < -0.39 is 21.9 Å². The van der Waals surface area contributed by atoms with E-state index in [2.05, 4.69) is 4.72 Å². The van der Waals surface area contributed by atoms with E-state index in [1.807, 2.05) is 6.92 Å². The second kappa shape index (κ2) is 6.75. The molecule has 0 aliphatic carbocycles. The molecule has 1 aliphatic rings. The molecule has 0 aromatic heterocycles. The van der Waals surface area contributed by atoms with Crippen LogP contribution in [-0.2, 0) is 14.8 Å². The number of carbonyl (C=O) groups is 1. The lowest BCUT2D eigenvalue weighted by atomic mass is 10.0. The Morgan fingerprint density at radius 3 is 2.77 bits per heavy atom. The highest BCUT2D eigenvalue weighted by Crippen LogP contribution is 2.18. The Morgan fingerprint density at radius 1 is 1.41 bits per heavy atom. The lowest BCUT2D eigenvalue weighted by molar-refractivity contribution is -0.135. The van der Waals surface area contributed by atoms with Crippen molar-refractivity contribution < 1.29 is 17.6 Å². The summed E-state index contributed by atoms with van der Waals surface area (Å²) in [5, 5.41) is 0. The van der Waals surface area contributed by atoms with Gasteiger partial charge in [0, 0.05) is 12.6 Å². The average molecular weight is 328 g/mol. The minimum Gasteiger partial charge on any atom is -0.339 e. The number of hydrogen-bond acceptors (Lipinski definition) is 3. The molecule has 1 heterocycles. The van der Waals surface area contributed by atoms with E-state index in [1.54, 1.807) is 4.90 Å². The molecule has 2 atom stereocenters. The Bertz CT molecular complexity index is 648. The number of nitrogens with zero attached hydrogens (tertiary/aromatic N) is 1. The van der Waals surface area contributed by atoms with Crippen molar-refractivity contribution in [3.05, 3.63) is 30.1 Å². The van der Waals surface area contributed by atoms with Gasteiger partial charge in [0.2, 0.25) is 15.9 Å². The van der Waals surface area contributed by atoms with Gasteiger partial charge in [-0.15, -0.1) is 0 Å². The maximum absolute atomic E-state index is 13.2. The van der Waals surface area contributed by atoms with E-state index >= 15 is 0 Å². The number of halogens is 1. The molecule has 7 heteroatoms. The molecule has 1 aromatic carbocycles. The third-order valence-corrected chi connectivity index (χ3v) is 5.43. The first kappa shape index (κ1) is 16.9. The molecule has 0 unspecified atom stereocenters. The van der Waals surface area contributed by atoms with Gasteiger partial charge in [0.05, 0.1) is 10.9 Å². The molecule has 1 fully saturated rings. The molecule has 1 N–H and O–H groups in total. The van der Waals surface area contributed by atoms with E-state index in [9.17, 15) is 17.6 Å². The summed E-state index contributed by atoms with van der Waals surface area (Å²) in [7, 11) is -3.92. The number of carbonyl (C=O) groups excluding carboxylic acids is 1. The largest absolute Gasteiger partial charge is 0.339 e. The van der Waals surface area contributed by atoms with Crippen LogP contribution >= 0.6 is 0 Å². The zero-order valence-corrected chi connectivity index (χ0v) is 13.6.